The summed E-state index contributed by atoms with van der Waals surface area (Å²) in [6.07, 6.45) is 0.912. The third-order valence-electron chi connectivity index (χ3n) is 4.81. The number of benzene rings is 1. The molecule has 1 heterocycles. The van der Waals surface area contributed by atoms with Crippen molar-refractivity contribution in [3.63, 3.8) is 0 Å². The summed E-state index contributed by atoms with van der Waals surface area (Å²) in [5, 5.41) is 7.49. The van der Waals surface area contributed by atoms with Gasteiger partial charge in [-0.05, 0) is 44.9 Å². The molecule has 1 amide bonds. The molecular weight excluding hydrogens is 293 g/mol. The fraction of sp³-hybridized carbons (Fsp3) is 0.444. The summed E-state index contributed by atoms with van der Waals surface area (Å²) in [6, 6.07) is 6.68. The minimum atomic E-state index is -0.230. The Kier molecular flexibility index (Phi) is 3.96. The highest BCUT2D eigenvalue weighted by atomic mass is 19.1. The van der Waals surface area contributed by atoms with Crippen LogP contribution in [0.5, 0.6) is 0 Å². The molecule has 0 aliphatic heterocycles. The molecule has 0 spiro atoms. The minimum absolute atomic E-state index is 0.0267. The Morgan fingerprint density at radius 1 is 1.35 bits per heavy atom. The van der Waals surface area contributed by atoms with Crippen molar-refractivity contribution in [2.75, 3.05) is 0 Å². The van der Waals surface area contributed by atoms with E-state index in [9.17, 15) is 9.18 Å². The number of carbonyl (C=O) groups is 1. The van der Waals surface area contributed by atoms with Crippen LogP contribution >= 0.6 is 0 Å². The van der Waals surface area contributed by atoms with Gasteiger partial charge in [-0.15, -0.1) is 0 Å². The van der Waals surface area contributed by atoms with Gasteiger partial charge >= 0.3 is 0 Å². The molecule has 3 atom stereocenters. The third-order valence-corrected chi connectivity index (χ3v) is 4.81. The summed E-state index contributed by atoms with van der Waals surface area (Å²) in [5.41, 5.74) is 4.01. The number of nitrogens with zero attached hydrogens (tertiary/aromatic N) is 2. The van der Waals surface area contributed by atoms with Crippen molar-refractivity contribution in [3.8, 4) is 0 Å². The molecule has 122 valence electrons. The fourth-order valence-electron chi connectivity index (χ4n) is 3.29. The zero-order valence-corrected chi connectivity index (χ0v) is 13.9. The van der Waals surface area contributed by atoms with Crippen molar-refractivity contribution in [2.45, 2.75) is 45.1 Å². The molecule has 0 bridgehead atoms. The predicted molar refractivity (Wildman–Crippen MR) is 86.8 cm³/mol. The van der Waals surface area contributed by atoms with Gasteiger partial charge in [0, 0.05) is 30.3 Å². The number of aryl methyl sites for hydroxylation is 2. The van der Waals surface area contributed by atoms with Crippen LogP contribution in [0.1, 0.15) is 47.7 Å². The lowest BCUT2D eigenvalue weighted by atomic mass is 9.98. The van der Waals surface area contributed by atoms with E-state index in [0.29, 0.717) is 5.92 Å². The van der Waals surface area contributed by atoms with E-state index in [1.807, 2.05) is 32.5 Å². The van der Waals surface area contributed by atoms with Crippen molar-refractivity contribution < 1.29 is 9.18 Å². The molecule has 2 aromatic rings. The topological polar surface area (TPSA) is 46.9 Å². The van der Waals surface area contributed by atoms with Crippen LogP contribution in [0.15, 0.2) is 24.3 Å². The monoisotopic (exact) mass is 315 g/mol. The van der Waals surface area contributed by atoms with Crippen LogP contribution in [-0.2, 0) is 11.8 Å². The largest absolute Gasteiger partial charge is 0.352 e. The van der Waals surface area contributed by atoms with Gasteiger partial charge in [-0.25, -0.2) is 4.39 Å². The fourth-order valence-corrected chi connectivity index (χ4v) is 3.29. The predicted octanol–water partition coefficient (Wildman–Crippen LogP) is 2.95. The highest BCUT2D eigenvalue weighted by Crippen LogP contribution is 2.41. The number of hydrogen-bond acceptors (Lipinski definition) is 2. The lowest BCUT2D eigenvalue weighted by Crippen LogP contribution is -2.31. The van der Waals surface area contributed by atoms with E-state index >= 15 is 0 Å². The number of nitrogens with one attached hydrogen (secondary N) is 1. The molecule has 1 aromatic heterocycles. The van der Waals surface area contributed by atoms with E-state index in [2.05, 4.69) is 10.4 Å². The average molecular weight is 315 g/mol. The van der Waals surface area contributed by atoms with Crippen molar-refractivity contribution >= 4 is 5.91 Å². The van der Waals surface area contributed by atoms with Gasteiger partial charge in [0.1, 0.15) is 5.82 Å². The summed E-state index contributed by atoms with van der Waals surface area (Å²) >= 11 is 0. The number of amides is 1. The molecule has 23 heavy (non-hydrogen) atoms. The van der Waals surface area contributed by atoms with Gasteiger partial charge in [-0.3, -0.25) is 9.48 Å². The number of halogens is 1. The van der Waals surface area contributed by atoms with Crippen LogP contribution in [0.2, 0.25) is 0 Å². The molecule has 0 saturated heterocycles. The van der Waals surface area contributed by atoms with Crippen molar-refractivity contribution in [1.82, 2.24) is 15.1 Å². The summed E-state index contributed by atoms with van der Waals surface area (Å²) < 4.78 is 14.8. The number of aromatic nitrogens is 2. The molecular formula is C18H22FN3O. The van der Waals surface area contributed by atoms with E-state index in [1.165, 1.54) is 12.1 Å². The van der Waals surface area contributed by atoms with Crippen LogP contribution in [0.25, 0.3) is 0 Å². The summed E-state index contributed by atoms with van der Waals surface area (Å²) in [6.45, 7) is 5.84. The Balaban J connectivity index is 1.65. The lowest BCUT2D eigenvalue weighted by Gasteiger charge is -2.13. The second-order valence-corrected chi connectivity index (χ2v) is 6.44. The summed E-state index contributed by atoms with van der Waals surface area (Å²) in [5.74, 6) is -0.133. The van der Waals surface area contributed by atoms with E-state index in [-0.39, 0.29) is 23.7 Å². The number of hydrogen-bond donors (Lipinski definition) is 1. The first kappa shape index (κ1) is 15.7. The molecule has 1 N–H and O–H groups in total. The third kappa shape index (κ3) is 3.00. The van der Waals surface area contributed by atoms with Crippen LogP contribution in [0.4, 0.5) is 4.39 Å². The molecule has 1 saturated carbocycles. The first-order valence-corrected chi connectivity index (χ1v) is 7.94. The first-order chi connectivity index (χ1) is 10.9. The zero-order chi connectivity index (χ0) is 16.7. The number of rotatable bonds is 4. The summed E-state index contributed by atoms with van der Waals surface area (Å²) in [4.78, 5) is 12.5. The molecule has 1 fully saturated rings. The molecule has 1 aliphatic rings. The second kappa shape index (κ2) is 5.80. The number of carbonyl (C=O) groups excluding carboxylic acids is 1. The van der Waals surface area contributed by atoms with E-state index in [4.69, 9.17) is 0 Å². The van der Waals surface area contributed by atoms with E-state index in [0.717, 1.165) is 28.9 Å². The summed E-state index contributed by atoms with van der Waals surface area (Å²) in [7, 11) is 1.89. The molecule has 1 aromatic carbocycles. The van der Waals surface area contributed by atoms with Gasteiger partial charge < -0.3 is 5.32 Å². The molecule has 1 aliphatic carbocycles. The maximum Gasteiger partial charge on any atom is 0.227 e. The Labute approximate surface area is 135 Å². The Morgan fingerprint density at radius 2 is 2.00 bits per heavy atom. The smallest absolute Gasteiger partial charge is 0.227 e. The standard InChI is InChI=1S/C18H22FN3O/c1-10(17-11(2)21-22(4)12(17)3)18(23)20-16-9-15(16)13-5-7-14(19)8-6-13/h5-8,10,15-16H,9H2,1-4H3,(H,20,23)/t10-,15-,16+/m0/s1. The highest BCUT2D eigenvalue weighted by molar-refractivity contribution is 5.84. The Hall–Kier alpha value is -2.17. The normalized spacial score (nSPS) is 21.1. The maximum atomic E-state index is 13.0. The molecule has 3 rings (SSSR count). The first-order valence-electron chi connectivity index (χ1n) is 7.94. The van der Waals surface area contributed by atoms with Crippen LogP contribution in [-0.4, -0.2) is 21.7 Å². The van der Waals surface area contributed by atoms with E-state index < -0.39 is 0 Å². The van der Waals surface area contributed by atoms with Crippen LogP contribution < -0.4 is 5.32 Å². The van der Waals surface area contributed by atoms with Gasteiger partial charge in [0.2, 0.25) is 5.91 Å². The van der Waals surface area contributed by atoms with Crippen LogP contribution in [0, 0.1) is 19.7 Å². The lowest BCUT2D eigenvalue weighted by molar-refractivity contribution is -0.122. The van der Waals surface area contributed by atoms with Crippen molar-refractivity contribution in [1.29, 1.82) is 0 Å². The van der Waals surface area contributed by atoms with Crippen LogP contribution in [0.3, 0.4) is 0 Å². The van der Waals surface area contributed by atoms with E-state index in [1.54, 1.807) is 12.1 Å². The maximum absolute atomic E-state index is 13.0. The molecule has 0 unspecified atom stereocenters. The Morgan fingerprint density at radius 3 is 2.57 bits per heavy atom. The minimum Gasteiger partial charge on any atom is -0.352 e. The van der Waals surface area contributed by atoms with Crippen molar-refractivity contribution in [2.24, 2.45) is 7.05 Å². The molecule has 5 heteroatoms. The van der Waals surface area contributed by atoms with Gasteiger partial charge in [-0.2, -0.15) is 5.10 Å². The zero-order valence-electron chi connectivity index (χ0n) is 13.9. The SMILES string of the molecule is Cc1nn(C)c(C)c1[C@H](C)C(=O)N[C@@H]1C[C@H]1c1ccc(F)cc1. The van der Waals surface area contributed by atoms with Gasteiger partial charge in [0.05, 0.1) is 11.6 Å². The van der Waals surface area contributed by atoms with Gasteiger partial charge in [0.25, 0.3) is 0 Å². The Bertz CT molecular complexity index is 735. The molecule has 4 nitrogen and oxygen atoms in total. The van der Waals surface area contributed by atoms with Crippen molar-refractivity contribution in [3.05, 3.63) is 52.6 Å². The molecule has 0 radical (unpaired) electrons. The van der Waals surface area contributed by atoms with Gasteiger partial charge in [0.15, 0.2) is 0 Å². The average Bonchev–Trinajstić information content (AvgIpc) is 3.21. The van der Waals surface area contributed by atoms with Gasteiger partial charge in [-0.1, -0.05) is 12.1 Å². The highest BCUT2D eigenvalue weighted by Gasteiger charge is 2.40. The second-order valence-electron chi connectivity index (χ2n) is 6.44. The quantitative estimate of drug-likeness (QED) is 0.943.